The molecular formula is C15H12F3N. The number of hydrogen-bond acceptors (Lipinski definition) is 1. The molecule has 1 aliphatic rings. The highest BCUT2D eigenvalue weighted by atomic mass is 19.2. The highest BCUT2D eigenvalue weighted by Crippen LogP contribution is 2.36. The minimum absolute atomic E-state index is 0.0881. The monoisotopic (exact) mass is 263 g/mol. The predicted molar refractivity (Wildman–Crippen MR) is 68.6 cm³/mol. The lowest BCUT2D eigenvalue weighted by molar-refractivity contribution is 0.449. The Labute approximate surface area is 109 Å². The lowest BCUT2D eigenvalue weighted by atomic mass is 9.95. The van der Waals surface area contributed by atoms with Crippen LogP contribution in [0.25, 0.3) is 11.1 Å². The fourth-order valence-corrected chi connectivity index (χ4v) is 2.47. The van der Waals surface area contributed by atoms with Crippen molar-refractivity contribution in [1.29, 1.82) is 0 Å². The van der Waals surface area contributed by atoms with Crippen LogP contribution in [0.1, 0.15) is 12.0 Å². The summed E-state index contributed by atoms with van der Waals surface area (Å²) in [5, 5.41) is 3.21. The van der Waals surface area contributed by atoms with Gasteiger partial charge in [0, 0.05) is 23.4 Å². The lowest BCUT2D eigenvalue weighted by Crippen LogP contribution is -2.12. The van der Waals surface area contributed by atoms with Gasteiger partial charge in [0.2, 0.25) is 0 Å². The molecule has 0 radical (unpaired) electrons. The summed E-state index contributed by atoms with van der Waals surface area (Å²) in [7, 11) is 0. The van der Waals surface area contributed by atoms with Gasteiger partial charge in [-0.3, -0.25) is 0 Å². The largest absolute Gasteiger partial charge is 0.384 e. The average molecular weight is 263 g/mol. The topological polar surface area (TPSA) is 12.0 Å². The first-order valence-corrected chi connectivity index (χ1v) is 6.18. The lowest BCUT2D eigenvalue weighted by Gasteiger charge is -2.21. The third-order valence-corrected chi connectivity index (χ3v) is 3.40. The zero-order valence-electron chi connectivity index (χ0n) is 10.1. The number of nitrogens with one attached hydrogen (secondary N) is 1. The second kappa shape index (κ2) is 4.61. The molecule has 98 valence electrons. The molecule has 0 fully saturated rings. The molecule has 0 amide bonds. The number of anilines is 1. The predicted octanol–water partition coefficient (Wildman–Crippen LogP) is 4.13. The summed E-state index contributed by atoms with van der Waals surface area (Å²) >= 11 is 0. The van der Waals surface area contributed by atoms with Gasteiger partial charge in [0.25, 0.3) is 0 Å². The fourth-order valence-electron chi connectivity index (χ4n) is 2.47. The Morgan fingerprint density at radius 2 is 1.74 bits per heavy atom. The van der Waals surface area contributed by atoms with Crippen LogP contribution in [0.15, 0.2) is 30.3 Å². The van der Waals surface area contributed by atoms with Crippen molar-refractivity contribution in [2.24, 2.45) is 0 Å². The minimum Gasteiger partial charge on any atom is -0.384 e. The van der Waals surface area contributed by atoms with Crippen LogP contribution in [0.3, 0.4) is 0 Å². The molecule has 19 heavy (non-hydrogen) atoms. The van der Waals surface area contributed by atoms with Gasteiger partial charge in [0.15, 0.2) is 17.5 Å². The summed E-state index contributed by atoms with van der Waals surface area (Å²) in [6, 6.07) is 7.72. The molecule has 0 bridgehead atoms. The Bertz CT molecular complexity index is 638. The Kier molecular flexibility index (Phi) is 2.93. The van der Waals surface area contributed by atoms with Gasteiger partial charge in [-0.1, -0.05) is 18.2 Å². The average Bonchev–Trinajstić information content (AvgIpc) is 2.45. The Morgan fingerprint density at radius 3 is 2.58 bits per heavy atom. The van der Waals surface area contributed by atoms with Crippen molar-refractivity contribution < 1.29 is 13.2 Å². The van der Waals surface area contributed by atoms with Crippen molar-refractivity contribution in [3.63, 3.8) is 0 Å². The maximum Gasteiger partial charge on any atom is 0.195 e. The molecule has 0 aromatic heterocycles. The number of hydrogen-bond donors (Lipinski definition) is 1. The zero-order valence-corrected chi connectivity index (χ0v) is 10.1. The molecule has 3 rings (SSSR count). The van der Waals surface area contributed by atoms with Gasteiger partial charge in [0.05, 0.1) is 0 Å². The first-order valence-electron chi connectivity index (χ1n) is 6.18. The van der Waals surface area contributed by atoms with Crippen molar-refractivity contribution in [3.8, 4) is 11.1 Å². The van der Waals surface area contributed by atoms with E-state index < -0.39 is 17.5 Å². The summed E-state index contributed by atoms with van der Waals surface area (Å²) in [5.41, 5.74) is 2.56. The van der Waals surface area contributed by atoms with E-state index >= 15 is 0 Å². The molecule has 0 aliphatic carbocycles. The maximum absolute atomic E-state index is 13.9. The second-order valence-corrected chi connectivity index (χ2v) is 4.59. The first-order chi connectivity index (χ1) is 9.18. The van der Waals surface area contributed by atoms with Crippen molar-refractivity contribution in [2.75, 3.05) is 11.9 Å². The molecule has 0 unspecified atom stereocenters. The van der Waals surface area contributed by atoms with Crippen LogP contribution in [0, 0.1) is 17.5 Å². The van der Waals surface area contributed by atoms with Gasteiger partial charge in [0.1, 0.15) is 0 Å². The molecule has 0 atom stereocenters. The van der Waals surface area contributed by atoms with Crippen molar-refractivity contribution in [3.05, 3.63) is 53.3 Å². The molecule has 4 heteroatoms. The smallest absolute Gasteiger partial charge is 0.195 e. The molecule has 2 aromatic carbocycles. The molecule has 1 nitrogen and oxygen atoms in total. The van der Waals surface area contributed by atoms with E-state index in [4.69, 9.17) is 0 Å². The molecule has 0 saturated heterocycles. The number of benzene rings is 2. The SMILES string of the molecule is Fc1ccc(-c2cccc3c2NCCC3)c(F)c1F. The summed E-state index contributed by atoms with van der Waals surface area (Å²) in [4.78, 5) is 0. The second-order valence-electron chi connectivity index (χ2n) is 4.59. The van der Waals surface area contributed by atoms with E-state index in [1.54, 1.807) is 6.07 Å². The summed E-state index contributed by atoms with van der Waals surface area (Å²) in [6.07, 6.45) is 1.91. The summed E-state index contributed by atoms with van der Waals surface area (Å²) in [6.45, 7) is 0.801. The van der Waals surface area contributed by atoms with Crippen LogP contribution in [0.4, 0.5) is 18.9 Å². The highest BCUT2D eigenvalue weighted by Gasteiger charge is 2.19. The molecule has 0 spiro atoms. The van der Waals surface area contributed by atoms with E-state index in [-0.39, 0.29) is 5.56 Å². The fraction of sp³-hybridized carbons (Fsp3) is 0.200. The van der Waals surface area contributed by atoms with Crippen LogP contribution in [0.5, 0.6) is 0 Å². The van der Waals surface area contributed by atoms with Crippen molar-refractivity contribution >= 4 is 5.69 Å². The first kappa shape index (κ1) is 12.1. The van der Waals surface area contributed by atoms with Gasteiger partial charge < -0.3 is 5.32 Å². The number of fused-ring (bicyclic) bond motifs is 1. The molecule has 2 aromatic rings. The van der Waals surface area contributed by atoms with Crippen LogP contribution >= 0.6 is 0 Å². The third-order valence-electron chi connectivity index (χ3n) is 3.40. The normalized spacial score (nSPS) is 13.8. The van der Waals surface area contributed by atoms with Crippen molar-refractivity contribution in [1.82, 2.24) is 0 Å². The minimum atomic E-state index is -1.43. The Hall–Kier alpha value is -1.97. The van der Waals surface area contributed by atoms with Gasteiger partial charge in [-0.05, 0) is 30.5 Å². The van der Waals surface area contributed by atoms with Crippen LogP contribution in [-0.2, 0) is 6.42 Å². The molecule has 1 aliphatic heterocycles. The standard InChI is InChI=1S/C15H12F3N/c16-12-7-6-10(13(17)14(12)18)11-5-1-3-9-4-2-8-19-15(9)11/h1,3,5-7,19H,2,4,8H2. The van der Waals surface area contributed by atoms with Gasteiger partial charge in [-0.15, -0.1) is 0 Å². The van der Waals surface area contributed by atoms with Crippen LogP contribution in [0.2, 0.25) is 0 Å². The molecule has 1 heterocycles. The Morgan fingerprint density at radius 1 is 0.895 bits per heavy atom. The quantitative estimate of drug-likeness (QED) is 0.763. The number of rotatable bonds is 1. The Balaban J connectivity index is 2.20. The van der Waals surface area contributed by atoms with E-state index in [2.05, 4.69) is 5.32 Å². The molecule has 1 N–H and O–H groups in total. The number of halogens is 3. The summed E-state index contributed by atoms with van der Waals surface area (Å²) in [5.74, 6) is -3.73. The molecule has 0 saturated carbocycles. The number of para-hydroxylation sites is 1. The van der Waals surface area contributed by atoms with E-state index in [0.29, 0.717) is 5.56 Å². The van der Waals surface area contributed by atoms with Crippen LogP contribution in [-0.4, -0.2) is 6.54 Å². The zero-order chi connectivity index (χ0) is 13.4. The number of aryl methyl sites for hydroxylation is 1. The van der Waals surface area contributed by atoms with Gasteiger partial charge in [-0.25, -0.2) is 13.2 Å². The van der Waals surface area contributed by atoms with Crippen molar-refractivity contribution in [2.45, 2.75) is 12.8 Å². The summed E-state index contributed by atoms with van der Waals surface area (Å²) < 4.78 is 40.2. The van der Waals surface area contributed by atoms with E-state index in [0.717, 1.165) is 36.7 Å². The van der Waals surface area contributed by atoms with E-state index in [9.17, 15) is 13.2 Å². The highest BCUT2D eigenvalue weighted by molar-refractivity contribution is 5.81. The van der Waals surface area contributed by atoms with Gasteiger partial charge in [-0.2, -0.15) is 0 Å². The molecular weight excluding hydrogens is 251 g/mol. The van der Waals surface area contributed by atoms with E-state index in [1.807, 2.05) is 12.1 Å². The third kappa shape index (κ3) is 1.97. The van der Waals surface area contributed by atoms with Crippen LogP contribution < -0.4 is 5.32 Å². The van der Waals surface area contributed by atoms with E-state index in [1.165, 1.54) is 6.07 Å². The maximum atomic E-state index is 13.9. The van der Waals surface area contributed by atoms with Gasteiger partial charge >= 0.3 is 0 Å².